The molecule has 7 rings (SSSR count). The lowest BCUT2D eigenvalue weighted by Gasteiger charge is -2.51. The second-order valence-electron chi connectivity index (χ2n) is 13.2. The Morgan fingerprint density at radius 1 is 1.07 bits per heavy atom. The second-order valence-corrected chi connectivity index (χ2v) is 13.2. The van der Waals surface area contributed by atoms with Gasteiger partial charge in [0.1, 0.15) is 12.8 Å². The molecule has 41 heavy (non-hydrogen) atoms. The lowest BCUT2D eigenvalue weighted by molar-refractivity contribution is -0.401. The molecule has 1 saturated carbocycles. The zero-order valence-corrected chi connectivity index (χ0v) is 24.5. The van der Waals surface area contributed by atoms with E-state index in [-0.39, 0.29) is 17.1 Å². The first-order valence-electron chi connectivity index (χ1n) is 14.9. The van der Waals surface area contributed by atoms with Gasteiger partial charge in [-0.1, -0.05) is 37.3 Å². The molecule has 4 nitrogen and oxygen atoms in total. The van der Waals surface area contributed by atoms with E-state index in [1.54, 1.807) is 13.2 Å². The summed E-state index contributed by atoms with van der Waals surface area (Å²) in [5.41, 5.74) is 6.52. The molecule has 0 amide bonds. The van der Waals surface area contributed by atoms with Crippen molar-refractivity contribution in [3.8, 4) is 5.75 Å². The molecule has 4 atom stereocenters. The number of methoxy groups -OCH3 is 1. The molecule has 0 saturated heterocycles. The number of benzene rings is 2. The highest BCUT2D eigenvalue weighted by Gasteiger charge is 2.58. The predicted octanol–water partition coefficient (Wildman–Crippen LogP) is 7.98. The quantitative estimate of drug-likeness (QED) is 0.283. The van der Waals surface area contributed by atoms with E-state index >= 15 is 8.63 Å². The second kappa shape index (κ2) is 9.08. The molecule has 5 aliphatic rings. The van der Waals surface area contributed by atoms with E-state index in [1.165, 1.54) is 22.4 Å². The fourth-order valence-corrected chi connectivity index (χ4v) is 8.79. The zero-order valence-electron chi connectivity index (χ0n) is 24.5. The Hall–Kier alpha value is -3.35. The van der Waals surface area contributed by atoms with Crippen LogP contribution < -0.4 is 4.74 Å². The molecule has 2 aromatic carbocycles. The highest BCUT2D eigenvalue weighted by Crippen LogP contribution is 2.65. The van der Waals surface area contributed by atoms with Crippen LogP contribution in [0.5, 0.6) is 5.75 Å². The molecule has 0 radical (unpaired) electrons. The Bertz CT molecular complexity index is 1570. The van der Waals surface area contributed by atoms with Gasteiger partial charge in [0.05, 0.1) is 24.0 Å². The van der Waals surface area contributed by atoms with Crippen LogP contribution in [0.3, 0.4) is 0 Å². The number of aryl methyl sites for hydroxylation is 1. The summed E-state index contributed by atoms with van der Waals surface area (Å²) in [6.07, 6.45) is 10.2. The van der Waals surface area contributed by atoms with Crippen molar-refractivity contribution in [1.29, 1.82) is 0 Å². The van der Waals surface area contributed by atoms with Gasteiger partial charge >= 0.3 is 7.11 Å². The summed E-state index contributed by atoms with van der Waals surface area (Å²) in [5.74, 6) is 2.72. The number of rotatable bonds is 3. The van der Waals surface area contributed by atoms with Crippen molar-refractivity contribution in [3.05, 3.63) is 94.5 Å². The largest absolute Gasteiger partial charge is 0.725 e. The van der Waals surface area contributed by atoms with Crippen molar-refractivity contribution in [2.24, 2.45) is 17.3 Å². The van der Waals surface area contributed by atoms with Crippen molar-refractivity contribution >= 4 is 18.5 Å². The van der Waals surface area contributed by atoms with Crippen LogP contribution in [0.15, 0.2) is 77.8 Å². The van der Waals surface area contributed by atoms with E-state index in [0.29, 0.717) is 24.0 Å². The number of hydrogen-bond acceptors (Lipinski definition) is 3. The average molecular weight is 557 g/mol. The van der Waals surface area contributed by atoms with Gasteiger partial charge in [-0.25, -0.2) is 0 Å². The highest BCUT2D eigenvalue weighted by molar-refractivity contribution is 6.53. The summed E-state index contributed by atoms with van der Waals surface area (Å²) >= 11 is 0. The fraction of sp³-hybridized carbons (Fsp3) is 0.441. The van der Waals surface area contributed by atoms with Crippen LogP contribution in [-0.2, 0) is 21.1 Å². The molecule has 3 aliphatic carbocycles. The number of hydrogen-bond donors (Lipinski definition) is 0. The van der Waals surface area contributed by atoms with Crippen LogP contribution in [0, 0.1) is 17.3 Å². The summed E-state index contributed by atoms with van der Waals surface area (Å²) in [7, 11) is -0.667. The molecule has 0 N–H and O–H groups in total. The number of para-hydroxylation sites is 1. The molecule has 0 aromatic heterocycles. The predicted molar refractivity (Wildman–Crippen MR) is 158 cm³/mol. The maximum atomic E-state index is 15.0. The fourth-order valence-electron chi connectivity index (χ4n) is 8.79. The molecule has 7 heteroatoms. The molecule has 1 fully saturated rings. The first-order chi connectivity index (χ1) is 19.5. The zero-order chi connectivity index (χ0) is 28.7. The van der Waals surface area contributed by atoms with Crippen LogP contribution in [0.4, 0.5) is 14.3 Å². The Labute approximate surface area is 241 Å². The number of ether oxygens (including phenoxy) is 1. The van der Waals surface area contributed by atoms with Crippen molar-refractivity contribution in [2.45, 2.75) is 64.2 Å². The molecule has 0 bridgehead atoms. The molecule has 2 heterocycles. The number of fused-ring (bicyclic) bond motifs is 7. The van der Waals surface area contributed by atoms with Gasteiger partial charge in [-0.3, -0.25) is 0 Å². The van der Waals surface area contributed by atoms with Gasteiger partial charge in [-0.15, -0.1) is 0 Å². The first kappa shape index (κ1) is 26.5. The van der Waals surface area contributed by atoms with E-state index in [0.717, 1.165) is 42.7 Å². The molecular formula is C34H38BF2NO3. The SMILES string of the molecule is COc1ccc2c(c1)CCC1C2CCC2(C)C3=C(CC12)C(=CC=CC1=[N+](C)c2ccccc2C1(C)C)O[B-](F)(F)O3. The van der Waals surface area contributed by atoms with Gasteiger partial charge in [0.2, 0.25) is 5.69 Å². The van der Waals surface area contributed by atoms with Gasteiger partial charge in [0.25, 0.3) is 0 Å². The number of allylic oxidation sites excluding steroid dienone is 5. The van der Waals surface area contributed by atoms with Crippen LogP contribution in [0.25, 0.3) is 0 Å². The molecule has 214 valence electrons. The maximum Gasteiger partial charge on any atom is 0.725 e. The molecule has 0 spiro atoms. The van der Waals surface area contributed by atoms with Crippen molar-refractivity contribution in [1.82, 2.24) is 0 Å². The number of nitrogens with zero attached hydrogens (tertiary/aromatic N) is 1. The normalized spacial score (nSPS) is 31.7. The van der Waals surface area contributed by atoms with Crippen LogP contribution >= 0.6 is 0 Å². The smallest absolute Gasteiger partial charge is 0.630 e. The number of halogens is 2. The van der Waals surface area contributed by atoms with Gasteiger partial charge < -0.3 is 22.7 Å². The minimum absolute atomic E-state index is 0.193. The summed E-state index contributed by atoms with van der Waals surface area (Å²) in [6.45, 7) is 6.54. The highest BCUT2D eigenvalue weighted by atomic mass is 19.3. The first-order valence-corrected chi connectivity index (χ1v) is 14.9. The minimum Gasteiger partial charge on any atom is -0.630 e. The third-order valence-electron chi connectivity index (χ3n) is 10.8. The third kappa shape index (κ3) is 3.94. The van der Waals surface area contributed by atoms with Crippen LogP contribution in [-0.4, -0.2) is 31.6 Å². The minimum atomic E-state index is -4.43. The summed E-state index contributed by atoms with van der Waals surface area (Å²) in [6, 6.07) is 14.8. The summed E-state index contributed by atoms with van der Waals surface area (Å²) in [4.78, 5) is 0. The Kier molecular flexibility index (Phi) is 5.88. The van der Waals surface area contributed by atoms with Gasteiger partial charge in [-0.05, 0) is 93.0 Å². The van der Waals surface area contributed by atoms with E-state index in [9.17, 15) is 0 Å². The van der Waals surface area contributed by atoms with Gasteiger partial charge in [-0.2, -0.15) is 4.58 Å². The van der Waals surface area contributed by atoms with Crippen molar-refractivity contribution < 1.29 is 27.3 Å². The van der Waals surface area contributed by atoms with E-state index < -0.39 is 12.5 Å². The summed E-state index contributed by atoms with van der Waals surface area (Å²) in [5, 5.41) is 0. The molecule has 2 aliphatic heterocycles. The van der Waals surface area contributed by atoms with Crippen molar-refractivity contribution in [3.63, 3.8) is 0 Å². The Balaban J connectivity index is 1.21. The van der Waals surface area contributed by atoms with E-state index in [4.69, 9.17) is 14.0 Å². The average Bonchev–Trinajstić information content (AvgIpc) is 3.35. The van der Waals surface area contributed by atoms with E-state index in [1.807, 2.05) is 18.2 Å². The standard InChI is InChI=1S/C34H38BF2NO3/c1-33(2)27-9-6-7-10-29(27)38(4)31(33)12-8-11-30-26-20-28-25-15-13-21-19-22(39-5)14-16-23(21)24(25)17-18-34(28,3)32(26)41-35(36,37)40-30/h6-12,14,16,19,24-25,28H,13,15,17-18,20H2,1-5H3. The monoisotopic (exact) mass is 557 g/mol. The summed E-state index contributed by atoms with van der Waals surface area (Å²) < 4.78 is 48.4. The molecule has 4 unspecified atom stereocenters. The maximum absolute atomic E-state index is 15.0. The van der Waals surface area contributed by atoms with E-state index in [2.05, 4.69) is 68.8 Å². The lowest BCUT2D eigenvalue weighted by atomic mass is 9.55. The third-order valence-corrected chi connectivity index (χ3v) is 10.8. The molecular weight excluding hydrogens is 519 g/mol. The van der Waals surface area contributed by atoms with Crippen LogP contribution in [0.2, 0.25) is 0 Å². The van der Waals surface area contributed by atoms with Crippen LogP contribution in [0.1, 0.15) is 69.1 Å². The lowest BCUT2D eigenvalue weighted by Crippen LogP contribution is -2.44. The van der Waals surface area contributed by atoms with Gasteiger partial charge in [0, 0.05) is 28.7 Å². The van der Waals surface area contributed by atoms with Gasteiger partial charge in [0.15, 0.2) is 5.71 Å². The Morgan fingerprint density at radius 2 is 1.88 bits per heavy atom. The Morgan fingerprint density at radius 3 is 2.66 bits per heavy atom. The topological polar surface area (TPSA) is 30.7 Å². The molecule has 2 aromatic rings. The van der Waals surface area contributed by atoms with Crippen molar-refractivity contribution in [2.75, 3.05) is 14.2 Å².